The van der Waals surface area contributed by atoms with Crippen molar-refractivity contribution in [2.45, 2.75) is 38.3 Å². The summed E-state index contributed by atoms with van der Waals surface area (Å²) in [5, 5.41) is 0. The number of nitrogens with zero attached hydrogens (tertiary/aromatic N) is 2. The molecule has 2 heterocycles. The van der Waals surface area contributed by atoms with Gasteiger partial charge in [-0.25, -0.2) is 0 Å². The Morgan fingerprint density at radius 3 is 2.93 bits per heavy atom. The molecular weight excluding hydrogens is 192 g/mol. The first-order valence-corrected chi connectivity index (χ1v) is 6.53. The molecule has 0 amide bonds. The normalized spacial score (nSPS) is 35.6. The molecule has 2 nitrogen and oxygen atoms in total. The molecule has 0 saturated carbocycles. The van der Waals surface area contributed by atoms with Gasteiger partial charge in [-0.1, -0.05) is 6.42 Å². The Bertz CT molecular complexity index is 184. The Labute approximate surface area is 93.1 Å². The van der Waals surface area contributed by atoms with Crippen molar-refractivity contribution in [3.63, 3.8) is 0 Å². The van der Waals surface area contributed by atoms with Crippen LogP contribution in [0.3, 0.4) is 0 Å². The van der Waals surface area contributed by atoms with Gasteiger partial charge in [-0.05, 0) is 26.3 Å². The van der Waals surface area contributed by atoms with E-state index in [-0.39, 0.29) is 0 Å². The molecule has 0 aromatic carbocycles. The van der Waals surface area contributed by atoms with Crippen molar-refractivity contribution >= 4 is 12.6 Å². The molecule has 0 N–H and O–H groups in total. The maximum absolute atomic E-state index is 4.33. The van der Waals surface area contributed by atoms with E-state index < -0.39 is 0 Å². The van der Waals surface area contributed by atoms with Crippen LogP contribution in [0.4, 0.5) is 0 Å². The van der Waals surface area contributed by atoms with E-state index in [2.05, 4.69) is 29.4 Å². The average Bonchev–Trinajstić information content (AvgIpc) is 2.19. The fourth-order valence-electron chi connectivity index (χ4n) is 2.85. The topological polar surface area (TPSA) is 6.48 Å². The van der Waals surface area contributed by atoms with Crippen molar-refractivity contribution in [1.29, 1.82) is 0 Å². The van der Waals surface area contributed by atoms with Crippen molar-refractivity contribution in [2.75, 3.05) is 31.9 Å². The first-order chi connectivity index (χ1) is 6.81. The smallest absolute Gasteiger partial charge is 0.0223 e. The van der Waals surface area contributed by atoms with Gasteiger partial charge in [-0.15, -0.1) is 0 Å². The molecule has 2 aliphatic rings. The van der Waals surface area contributed by atoms with Gasteiger partial charge in [0, 0.05) is 37.5 Å². The predicted octanol–water partition coefficient (Wildman–Crippen LogP) is 1.47. The Balaban J connectivity index is 1.92. The van der Waals surface area contributed by atoms with Crippen molar-refractivity contribution in [1.82, 2.24) is 9.80 Å². The van der Waals surface area contributed by atoms with E-state index in [0.717, 1.165) is 24.4 Å². The molecule has 3 heteroatoms. The fourth-order valence-corrected chi connectivity index (χ4v) is 3.11. The van der Waals surface area contributed by atoms with Gasteiger partial charge in [0.1, 0.15) is 0 Å². The minimum Gasteiger partial charge on any atom is -0.298 e. The van der Waals surface area contributed by atoms with Crippen LogP contribution in [-0.4, -0.2) is 53.8 Å². The van der Waals surface area contributed by atoms with Gasteiger partial charge in [-0.2, -0.15) is 12.6 Å². The van der Waals surface area contributed by atoms with Crippen molar-refractivity contribution in [3.05, 3.63) is 0 Å². The molecule has 0 aliphatic carbocycles. The SMILES string of the molecule is CC1CN2CCCCC2CN1CCS. The number of piperidine rings is 1. The second kappa shape index (κ2) is 4.86. The zero-order valence-electron chi connectivity index (χ0n) is 9.15. The van der Waals surface area contributed by atoms with E-state index in [9.17, 15) is 0 Å². The van der Waals surface area contributed by atoms with Crippen LogP contribution < -0.4 is 0 Å². The second-order valence-electron chi connectivity index (χ2n) is 4.71. The number of hydrogen-bond acceptors (Lipinski definition) is 3. The highest BCUT2D eigenvalue weighted by atomic mass is 32.1. The summed E-state index contributed by atoms with van der Waals surface area (Å²) in [7, 11) is 0. The summed E-state index contributed by atoms with van der Waals surface area (Å²) >= 11 is 4.33. The van der Waals surface area contributed by atoms with Crippen LogP contribution in [0.5, 0.6) is 0 Å². The molecule has 0 bridgehead atoms. The molecule has 82 valence electrons. The summed E-state index contributed by atoms with van der Waals surface area (Å²) in [5.74, 6) is 0.997. The minimum atomic E-state index is 0.733. The zero-order chi connectivity index (χ0) is 9.97. The first-order valence-electron chi connectivity index (χ1n) is 5.90. The fraction of sp³-hybridized carbons (Fsp3) is 1.00. The minimum absolute atomic E-state index is 0.733. The quantitative estimate of drug-likeness (QED) is 0.696. The molecular formula is C11H22N2S. The summed E-state index contributed by atoms with van der Waals surface area (Å²) < 4.78 is 0. The second-order valence-corrected chi connectivity index (χ2v) is 5.16. The number of piperazine rings is 1. The van der Waals surface area contributed by atoms with Gasteiger partial charge in [0.2, 0.25) is 0 Å². The van der Waals surface area contributed by atoms with Crippen LogP contribution in [0, 0.1) is 0 Å². The van der Waals surface area contributed by atoms with Crippen LogP contribution >= 0.6 is 12.6 Å². The van der Waals surface area contributed by atoms with E-state index in [4.69, 9.17) is 0 Å². The van der Waals surface area contributed by atoms with Gasteiger partial charge in [0.05, 0.1) is 0 Å². The molecule has 2 unspecified atom stereocenters. The van der Waals surface area contributed by atoms with Crippen LogP contribution in [0.15, 0.2) is 0 Å². The van der Waals surface area contributed by atoms with E-state index in [1.807, 2.05) is 0 Å². The van der Waals surface area contributed by atoms with E-state index in [1.54, 1.807) is 0 Å². The Kier molecular flexibility index (Phi) is 3.74. The monoisotopic (exact) mass is 214 g/mol. The zero-order valence-corrected chi connectivity index (χ0v) is 10.0. The van der Waals surface area contributed by atoms with Crippen molar-refractivity contribution < 1.29 is 0 Å². The standard InChI is InChI=1S/C11H22N2S/c1-10-8-13-5-3-2-4-11(13)9-12(10)6-7-14/h10-11,14H,2-9H2,1H3. The lowest BCUT2D eigenvalue weighted by molar-refractivity contribution is 0.0189. The number of rotatable bonds is 2. The summed E-state index contributed by atoms with van der Waals surface area (Å²) in [6, 6.07) is 1.58. The molecule has 0 aromatic heterocycles. The van der Waals surface area contributed by atoms with Crippen LogP contribution in [0.25, 0.3) is 0 Å². The Morgan fingerprint density at radius 1 is 1.29 bits per heavy atom. The van der Waals surface area contributed by atoms with E-state index >= 15 is 0 Å². The van der Waals surface area contributed by atoms with Gasteiger partial charge < -0.3 is 0 Å². The average molecular weight is 214 g/mol. The van der Waals surface area contributed by atoms with Crippen molar-refractivity contribution in [3.8, 4) is 0 Å². The third-order valence-electron chi connectivity index (χ3n) is 3.70. The number of thiol groups is 1. The third-order valence-corrected chi connectivity index (χ3v) is 3.90. The number of hydrogen-bond donors (Lipinski definition) is 1. The molecule has 2 fully saturated rings. The third kappa shape index (κ3) is 2.26. The summed E-state index contributed by atoms with van der Waals surface area (Å²) in [6.07, 6.45) is 4.26. The number of fused-ring (bicyclic) bond motifs is 1. The predicted molar refractivity (Wildman–Crippen MR) is 64.1 cm³/mol. The molecule has 14 heavy (non-hydrogen) atoms. The van der Waals surface area contributed by atoms with Gasteiger partial charge in [0.15, 0.2) is 0 Å². The van der Waals surface area contributed by atoms with Gasteiger partial charge in [0.25, 0.3) is 0 Å². The summed E-state index contributed by atoms with van der Waals surface area (Å²) in [4.78, 5) is 5.31. The largest absolute Gasteiger partial charge is 0.298 e. The molecule has 2 rings (SSSR count). The van der Waals surface area contributed by atoms with Crippen LogP contribution in [0.2, 0.25) is 0 Å². The highest BCUT2D eigenvalue weighted by molar-refractivity contribution is 7.80. The molecule has 2 saturated heterocycles. The van der Waals surface area contributed by atoms with E-state index in [1.165, 1.54) is 38.9 Å². The van der Waals surface area contributed by atoms with E-state index in [0.29, 0.717) is 0 Å². The summed E-state index contributed by atoms with van der Waals surface area (Å²) in [6.45, 7) is 7.41. The highest BCUT2D eigenvalue weighted by Gasteiger charge is 2.32. The molecule has 2 atom stereocenters. The van der Waals surface area contributed by atoms with Crippen molar-refractivity contribution in [2.24, 2.45) is 0 Å². The lowest BCUT2D eigenvalue weighted by Crippen LogP contribution is -2.58. The highest BCUT2D eigenvalue weighted by Crippen LogP contribution is 2.23. The van der Waals surface area contributed by atoms with Crippen LogP contribution in [-0.2, 0) is 0 Å². The lowest BCUT2D eigenvalue weighted by atomic mass is 9.97. The van der Waals surface area contributed by atoms with Gasteiger partial charge >= 0.3 is 0 Å². The lowest BCUT2D eigenvalue weighted by Gasteiger charge is -2.47. The van der Waals surface area contributed by atoms with Crippen LogP contribution in [0.1, 0.15) is 26.2 Å². The summed E-state index contributed by atoms with van der Waals surface area (Å²) in [5.41, 5.74) is 0. The molecule has 0 radical (unpaired) electrons. The van der Waals surface area contributed by atoms with Gasteiger partial charge in [-0.3, -0.25) is 9.80 Å². The molecule has 0 aromatic rings. The maximum Gasteiger partial charge on any atom is 0.0223 e. The molecule has 0 spiro atoms. The maximum atomic E-state index is 4.33. The Hall–Kier alpha value is 0.270. The first kappa shape index (κ1) is 10.8. The Morgan fingerprint density at radius 2 is 2.14 bits per heavy atom. The molecule has 2 aliphatic heterocycles.